The Labute approximate surface area is 147 Å². The van der Waals surface area contributed by atoms with Gasteiger partial charge < -0.3 is 14.6 Å². The topological polar surface area (TPSA) is 56.2 Å². The Balaban J connectivity index is 1.46. The van der Waals surface area contributed by atoms with E-state index >= 15 is 0 Å². The molecule has 5 heteroatoms. The Hall–Kier alpha value is -3.08. The molecular weight excluding hydrogens is 314 g/mol. The van der Waals surface area contributed by atoms with E-state index in [0.29, 0.717) is 17.9 Å². The molecule has 3 aromatic rings. The first-order valence-electron chi connectivity index (χ1n) is 8.38. The van der Waals surface area contributed by atoms with Crippen LogP contribution in [0.4, 0.5) is 0 Å². The van der Waals surface area contributed by atoms with Crippen LogP contribution in [0.1, 0.15) is 23.2 Å². The maximum absolute atomic E-state index is 12.3. The lowest BCUT2D eigenvalue weighted by Crippen LogP contribution is -2.24. The summed E-state index contributed by atoms with van der Waals surface area (Å²) in [7, 11) is 0. The number of aromatic nitrogens is 2. The van der Waals surface area contributed by atoms with Gasteiger partial charge in [0, 0.05) is 31.0 Å². The number of carbonyl (C=O) groups excluding carboxylic acids is 1. The second-order valence-electron chi connectivity index (χ2n) is 5.71. The van der Waals surface area contributed by atoms with Gasteiger partial charge >= 0.3 is 0 Å². The fourth-order valence-electron chi connectivity index (χ4n) is 2.47. The van der Waals surface area contributed by atoms with Gasteiger partial charge in [-0.15, -0.1) is 0 Å². The molecule has 0 atom stereocenters. The molecule has 0 aliphatic heterocycles. The predicted molar refractivity (Wildman–Crippen MR) is 96.8 cm³/mol. The van der Waals surface area contributed by atoms with Crippen LogP contribution in [0.2, 0.25) is 0 Å². The molecule has 25 heavy (non-hydrogen) atoms. The van der Waals surface area contributed by atoms with Crippen molar-refractivity contribution in [2.75, 3.05) is 6.54 Å². The van der Waals surface area contributed by atoms with Gasteiger partial charge in [0.05, 0.1) is 6.33 Å². The second kappa shape index (κ2) is 8.68. The minimum absolute atomic E-state index is 0.0823. The predicted octanol–water partition coefficient (Wildman–Crippen LogP) is 3.89. The number of unbranched alkanes of at least 4 members (excludes halogenated alkanes) is 1. The molecule has 3 rings (SSSR count). The minimum Gasteiger partial charge on any atom is -0.457 e. The highest BCUT2D eigenvalue weighted by Crippen LogP contribution is 2.21. The van der Waals surface area contributed by atoms with Gasteiger partial charge in [0.2, 0.25) is 0 Å². The highest BCUT2D eigenvalue weighted by Gasteiger charge is 2.06. The molecule has 2 aromatic carbocycles. The summed E-state index contributed by atoms with van der Waals surface area (Å²) in [6.45, 7) is 1.56. The molecule has 1 heterocycles. The van der Waals surface area contributed by atoms with Crippen molar-refractivity contribution in [2.24, 2.45) is 0 Å². The standard InChI is InChI=1S/C20H21N3O2/c24-20(22-11-4-5-13-23-14-12-21-16-23)17-7-6-10-19(15-17)25-18-8-2-1-3-9-18/h1-3,6-10,12,14-16H,4-5,11,13H2,(H,22,24). The Morgan fingerprint density at radius 3 is 2.68 bits per heavy atom. The molecule has 0 saturated heterocycles. The first-order valence-corrected chi connectivity index (χ1v) is 8.38. The van der Waals surface area contributed by atoms with E-state index in [2.05, 4.69) is 10.3 Å². The molecule has 128 valence electrons. The first-order chi connectivity index (χ1) is 12.3. The molecule has 0 fully saturated rings. The Morgan fingerprint density at radius 2 is 1.88 bits per heavy atom. The van der Waals surface area contributed by atoms with E-state index in [9.17, 15) is 4.79 Å². The van der Waals surface area contributed by atoms with Crippen LogP contribution in [0.15, 0.2) is 73.3 Å². The van der Waals surface area contributed by atoms with E-state index in [1.807, 2.05) is 53.2 Å². The van der Waals surface area contributed by atoms with E-state index in [1.165, 1.54) is 0 Å². The lowest BCUT2D eigenvalue weighted by molar-refractivity contribution is 0.0952. The number of benzene rings is 2. The molecule has 5 nitrogen and oxygen atoms in total. The highest BCUT2D eigenvalue weighted by atomic mass is 16.5. The molecule has 0 radical (unpaired) electrons. The van der Waals surface area contributed by atoms with Crippen LogP contribution in [0.5, 0.6) is 11.5 Å². The molecule has 0 spiro atoms. The monoisotopic (exact) mass is 335 g/mol. The average molecular weight is 335 g/mol. The Bertz CT molecular complexity index is 786. The third-order valence-electron chi connectivity index (χ3n) is 3.76. The number of nitrogens with zero attached hydrogens (tertiary/aromatic N) is 2. The maximum atomic E-state index is 12.3. The molecule has 0 saturated carbocycles. The number of hydrogen-bond donors (Lipinski definition) is 1. The Kier molecular flexibility index (Phi) is 5.82. The van der Waals surface area contributed by atoms with Gasteiger partial charge in [0.1, 0.15) is 11.5 Å². The van der Waals surface area contributed by atoms with Crippen LogP contribution in [0, 0.1) is 0 Å². The second-order valence-corrected chi connectivity index (χ2v) is 5.71. The number of hydrogen-bond acceptors (Lipinski definition) is 3. The van der Waals surface area contributed by atoms with E-state index in [1.54, 1.807) is 24.7 Å². The summed E-state index contributed by atoms with van der Waals surface area (Å²) in [6, 6.07) is 16.7. The quantitative estimate of drug-likeness (QED) is 0.636. The van der Waals surface area contributed by atoms with Crippen molar-refractivity contribution in [3.8, 4) is 11.5 Å². The lowest BCUT2D eigenvalue weighted by Gasteiger charge is -2.08. The van der Waals surface area contributed by atoms with E-state index in [-0.39, 0.29) is 5.91 Å². The number of ether oxygens (including phenoxy) is 1. The molecular formula is C20H21N3O2. The molecule has 1 aromatic heterocycles. The van der Waals surface area contributed by atoms with Gasteiger partial charge in [-0.2, -0.15) is 0 Å². The summed E-state index contributed by atoms with van der Waals surface area (Å²) in [6.07, 6.45) is 7.43. The summed E-state index contributed by atoms with van der Waals surface area (Å²) >= 11 is 0. The number of carbonyl (C=O) groups is 1. The van der Waals surface area contributed by atoms with Crippen molar-refractivity contribution >= 4 is 5.91 Å². The summed E-state index contributed by atoms with van der Waals surface area (Å²) in [5, 5.41) is 2.95. The number of aryl methyl sites for hydroxylation is 1. The van der Waals surface area contributed by atoms with Crippen molar-refractivity contribution in [2.45, 2.75) is 19.4 Å². The zero-order valence-corrected chi connectivity index (χ0v) is 14.0. The molecule has 0 unspecified atom stereocenters. The zero-order chi connectivity index (χ0) is 17.3. The average Bonchev–Trinajstić information content (AvgIpc) is 3.16. The normalized spacial score (nSPS) is 10.4. The lowest BCUT2D eigenvalue weighted by atomic mass is 10.2. The molecule has 1 amide bonds. The minimum atomic E-state index is -0.0823. The van der Waals surface area contributed by atoms with E-state index in [0.717, 1.165) is 25.1 Å². The largest absolute Gasteiger partial charge is 0.457 e. The zero-order valence-electron chi connectivity index (χ0n) is 14.0. The summed E-state index contributed by atoms with van der Waals surface area (Å²) in [5.74, 6) is 1.32. The van der Waals surface area contributed by atoms with Crippen molar-refractivity contribution in [3.05, 3.63) is 78.9 Å². The van der Waals surface area contributed by atoms with Crippen LogP contribution < -0.4 is 10.1 Å². The summed E-state index contributed by atoms with van der Waals surface area (Å²) in [4.78, 5) is 16.3. The van der Waals surface area contributed by atoms with Crippen LogP contribution in [-0.2, 0) is 6.54 Å². The van der Waals surface area contributed by atoms with Crippen LogP contribution >= 0.6 is 0 Å². The molecule has 1 N–H and O–H groups in total. The van der Waals surface area contributed by atoms with Gasteiger partial charge in [-0.3, -0.25) is 4.79 Å². The summed E-state index contributed by atoms with van der Waals surface area (Å²) in [5.41, 5.74) is 0.600. The number of amides is 1. The number of nitrogens with one attached hydrogen (secondary N) is 1. The molecule has 0 aliphatic rings. The summed E-state index contributed by atoms with van der Waals surface area (Å²) < 4.78 is 7.80. The third kappa shape index (κ3) is 5.21. The first kappa shape index (κ1) is 16.8. The number of para-hydroxylation sites is 1. The highest BCUT2D eigenvalue weighted by molar-refractivity contribution is 5.94. The van der Waals surface area contributed by atoms with Gasteiger partial charge in [-0.25, -0.2) is 4.98 Å². The molecule has 0 aliphatic carbocycles. The number of imidazole rings is 1. The van der Waals surface area contributed by atoms with Crippen molar-refractivity contribution in [1.82, 2.24) is 14.9 Å². The van der Waals surface area contributed by atoms with Gasteiger partial charge in [-0.05, 0) is 43.2 Å². The van der Waals surface area contributed by atoms with Crippen molar-refractivity contribution < 1.29 is 9.53 Å². The Morgan fingerprint density at radius 1 is 1.04 bits per heavy atom. The fraction of sp³-hybridized carbons (Fsp3) is 0.200. The van der Waals surface area contributed by atoms with Crippen molar-refractivity contribution in [3.63, 3.8) is 0 Å². The van der Waals surface area contributed by atoms with Crippen LogP contribution in [0.3, 0.4) is 0 Å². The maximum Gasteiger partial charge on any atom is 0.251 e. The van der Waals surface area contributed by atoms with Gasteiger partial charge in [0.15, 0.2) is 0 Å². The SMILES string of the molecule is O=C(NCCCCn1ccnc1)c1cccc(Oc2ccccc2)c1. The van der Waals surface area contributed by atoms with E-state index < -0.39 is 0 Å². The van der Waals surface area contributed by atoms with Gasteiger partial charge in [-0.1, -0.05) is 24.3 Å². The smallest absolute Gasteiger partial charge is 0.251 e. The third-order valence-corrected chi connectivity index (χ3v) is 3.76. The fourth-order valence-corrected chi connectivity index (χ4v) is 2.47. The van der Waals surface area contributed by atoms with E-state index in [4.69, 9.17) is 4.74 Å². The van der Waals surface area contributed by atoms with Crippen molar-refractivity contribution in [1.29, 1.82) is 0 Å². The van der Waals surface area contributed by atoms with Crippen LogP contribution in [-0.4, -0.2) is 22.0 Å². The van der Waals surface area contributed by atoms with Crippen LogP contribution in [0.25, 0.3) is 0 Å². The molecule has 0 bridgehead atoms. The number of rotatable bonds is 8. The van der Waals surface area contributed by atoms with Gasteiger partial charge in [0.25, 0.3) is 5.91 Å².